The Kier molecular flexibility index (Phi) is 4.24. The molecule has 0 radical (unpaired) electrons. The number of hydrogen-bond donors (Lipinski definition) is 1. The molecule has 0 aromatic carbocycles. The van der Waals surface area contributed by atoms with Crippen LogP contribution in [0.3, 0.4) is 0 Å². The van der Waals surface area contributed by atoms with Crippen LogP contribution in [0.15, 0.2) is 12.3 Å². The van der Waals surface area contributed by atoms with Crippen molar-refractivity contribution in [1.82, 2.24) is 14.7 Å². The van der Waals surface area contributed by atoms with E-state index in [9.17, 15) is 4.79 Å². The fourth-order valence-corrected chi connectivity index (χ4v) is 4.55. The highest BCUT2D eigenvalue weighted by Gasteiger charge is 2.46. The van der Waals surface area contributed by atoms with Gasteiger partial charge in [-0.05, 0) is 43.4 Å². The number of rotatable bonds is 2. The van der Waals surface area contributed by atoms with Crippen molar-refractivity contribution in [2.24, 2.45) is 11.3 Å². The fraction of sp³-hybridized carbons (Fsp3) is 0.778. The highest BCUT2D eigenvalue weighted by molar-refractivity contribution is 5.88. The molecule has 6 nitrogen and oxygen atoms in total. The molecule has 4 rings (SSSR count). The molecule has 24 heavy (non-hydrogen) atoms. The van der Waals surface area contributed by atoms with Gasteiger partial charge in [0, 0.05) is 32.4 Å². The number of nitrogens with one attached hydrogen (secondary N) is 1. The van der Waals surface area contributed by atoms with Crippen LogP contribution in [0.4, 0.5) is 10.6 Å². The van der Waals surface area contributed by atoms with Gasteiger partial charge < -0.3 is 9.64 Å². The third-order valence-electron chi connectivity index (χ3n) is 6.46. The number of likely N-dealkylation sites (tertiary alicyclic amines) is 1. The summed E-state index contributed by atoms with van der Waals surface area (Å²) in [5, 5.41) is 7.54. The molecule has 2 aliphatic heterocycles. The Morgan fingerprint density at radius 2 is 2.12 bits per heavy atom. The van der Waals surface area contributed by atoms with Gasteiger partial charge in [0.05, 0.1) is 12.2 Å². The van der Waals surface area contributed by atoms with Gasteiger partial charge in [0.15, 0.2) is 0 Å². The largest absolute Gasteiger partial charge is 0.381 e. The number of anilines is 1. The minimum absolute atomic E-state index is 0.0296. The van der Waals surface area contributed by atoms with Crippen LogP contribution in [0.1, 0.15) is 51.5 Å². The van der Waals surface area contributed by atoms with E-state index in [1.165, 1.54) is 19.3 Å². The summed E-state index contributed by atoms with van der Waals surface area (Å²) in [7, 11) is 0. The average Bonchev–Trinajstić information content (AvgIpc) is 3.02. The number of urea groups is 1. The van der Waals surface area contributed by atoms with Crippen molar-refractivity contribution in [3.05, 3.63) is 12.3 Å². The van der Waals surface area contributed by atoms with Crippen LogP contribution in [0, 0.1) is 11.3 Å². The first-order valence-electron chi connectivity index (χ1n) is 9.35. The number of nitrogens with zero attached hydrogens (tertiary/aromatic N) is 3. The molecule has 1 spiro atoms. The Morgan fingerprint density at radius 3 is 2.83 bits per heavy atom. The zero-order chi connectivity index (χ0) is 16.6. The predicted octanol–water partition coefficient (Wildman–Crippen LogP) is 3.28. The number of piperidine rings is 1. The van der Waals surface area contributed by atoms with Gasteiger partial charge in [0.25, 0.3) is 0 Å². The van der Waals surface area contributed by atoms with Crippen LogP contribution >= 0.6 is 0 Å². The van der Waals surface area contributed by atoms with Gasteiger partial charge >= 0.3 is 6.03 Å². The third-order valence-corrected chi connectivity index (χ3v) is 6.46. The summed E-state index contributed by atoms with van der Waals surface area (Å²) >= 11 is 0. The molecular formula is C18H28N4O2. The van der Waals surface area contributed by atoms with E-state index < -0.39 is 0 Å². The summed E-state index contributed by atoms with van der Waals surface area (Å²) < 4.78 is 7.39. The maximum atomic E-state index is 12.8. The molecule has 6 heteroatoms. The Hall–Kier alpha value is -1.56. The summed E-state index contributed by atoms with van der Waals surface area (Å²) in [6.07, 6.45) is 8.67. The Morgan fingerprint density at radius 1 is 1.33 bits per heavy atom. The molecule has 1 aromatic rings. The molecule has 3 fully saturated rings. The van der Waals surface area contributed by atoms with Crippen LogP contribution < -0.4 is 5.32 Å². The van der Waals surface area contributed by atoms with Gasteiger partial charge in [-0.25, -0.2) is 9.48 Å². The van der Waals surface area contributed by atoms with Gasteiger partial charge in [-0.2, -0.15) is 5.10 Å². The smallest absolute Gasteiger partial charge is 0.323 e. The van der Waals surface area contributed by atoms with Crippen molar-refractivity contribution >= 4 is 11.8 Å². The van der Waals surface area contributed by atoms with Crippen molar-refractivity contribution in [1.29, 1.82) is 0 Å². The van der Waals surface area contributed by atoms with Gasteiger partial charge in [-0.1, -0.05) is 13.3 Å². The summed E-state index contributed by atoms with van der Waals surface area (Å²) in [6.45, 7) is 5.66. The lowest BCUT2D eigenvalue weighted by molar-refractivity contribution is -0.0109. The molecule has 3 heterocycles. The van der Waals surface area contributed by atoms with Crippen LogP contribution in [0.25, 0.3) is 0 Å². The Balaban J connectivity index is 1.42. The highest BCUT2D eigenvalue weighted by atomic mass is 16.5. The molecule has 0 bridgehead atoms. The summed E-state index contributed by atoms with van der Waals surface area (Å²) in [5.41, 5.74) is 0.385. The molecule has 1 N–H and O–H groups in total. The third kappa shape index (κ3) is 2.81. The van der Waals surface area contributed by atoms with E-state index in [1.54, 1.807) is 6.20 Å². The molecule has 1 aromatic heterocycles. The lowest BCUT2D eigenvalue weighted by Crippen LogP contribution is -2.54. The van der Waals surface area contributed by atoms with Crippen LogP contribution in [-0.4, -0.2) is 47.0 Å². The number of carbonyl (C=O) groups is 1. The molecule has 1 atom stereocenters. The first-order chi connectivity index (χ1) is 11.7. The van der Waals surface area contributed by atoms with E-state index in [2.05, 4.69) is 17.3 Å². The quantitative estimate of drug-likeness (QED) is 0.904. The zero-order valence-corrected chi connectivity index (χ0v) is 14.5. The number of ether oxygens (including phenoxy) is 1. The monoisotopic (exact) mass is 332 g/mol. The van der Waals surface area contributed by atoms with Crippen LogP contribution in [0.5, 0.6) is 0 Å². The molecule has 1 unspecified atom stereocenters. The van der Waals surface area contributed by atoms with Gasteiger partial charge in [-0.3, -0.25) is 5.32 Å². The fourth-order valence-electron chi connectivity index (χ4n) is 4.55. The van der Waals surface area contributed by atoms with Crippen molar-refractivity contribution in [3.8, 4) is 0 Å². The van der Waals surface area contributed by atoms with Crippen LogP contribution in [0.2, 0.25) is 0 Å². The standard InChI is InChI=1S/C18H28N4O2/c1-14-4-10-21(13-18(14)7-2-8-18)17(23)20-16-3-9-19-22(16)15-5-11-24-12-6-15/h3,9,14-15H,2,4-8,10-13H2,1H3,(H,20,23). The zero-order valence-electron chi connectivity index (χ0n) is 14.5. The number of carbonyl (C=O) groups excluding carboxylic acids is 1. The van der Waals surface area contributed by atoms with E-state index in [-0.39, 0.29) is 6.03 Å². The van der Waals surface area contributed by atoms with Gasteiger partial charge in [-0.15, -0.1) is 0 Å². The summed E-state index contributed by atoms with van der Waals surface area (Å²) in [5.74, 6) is 1.55. The Labute approximate surface area is 143 Å². The molecule has 3 aliphatic rings. The number of hydrogen-bond acceptors (Lipinski definition) is 3. The predicted molar refractivity (Wildman–Crippen MR) is 92.0 cm³/mol. The van der Waals surface area contributed by atoms with Crippen molar-refractivity contribution in [3.63, 3.8) is 0 Å². The Bertz CT molecular complexity index is 590. The molecule has 1 aliphatic carbocycles. The van der Waals surface area contributed by atoms with Gasteiger partial charge in [0.1, 0.15) is 5.82 Å². The van der Waals surface area contributed by atoms with Crippen molar-refractivity contribution in [2.75, 3.05) is 31.6 Å². The maximum Gasteiger partial charge on any atom is 0.323 e. The molecular weight excluding hydrogens is 304 g/mol. The average molecular weight is 332 g/mol. The lowest BCUT2D eigenvalue weighted by atomic mass is 9.59. The molecule has 132 valence electrons. The van der Waals surface area contributed by atoms with E-state index >= 15 is 0 Å². The minimum Gasteiger partial charge on any atom is -0.381 e. The second kappa shape index (κ2) is 6.39. The van der Waals surface area contributed by atoms with E-state index in [0.717, 1.165) is 57.3 Å². The maximum absolute atomic E-state index is 12.8. The topological polar surface area (TPSA) is 59.4 Å². The number of aromatic nitrogens is 2. The lowest BCUT2D eigenvalue weighted by Gasteiger charge is -2.52. The second-order valence-corrected chi connectivity index (χ2v) is 7.76. The molecule has 2 amide bonds. The van der Waals surface area contributed by atoms with Crippen LogP contribution in [-0.2, 0) is 4.74 Å². The van der Waals surface area contributed by atoms with Crippen molar-refractivity contribution < 1.29 is 9.53 Å². The first kappa shape index (κ1) is 15.9. The van der Waals surface area contributed by atoms with E-state index in [1.807, 2.05) is 15.6 Å². The van der Waals surface area contributed by atoms with E-state index in [0.29, 0.717) is 11.5 Å². The SMILES string of the molecule is CC1CCN(C(=O)Nc2ccnn2C2CCOCC2)CC12CCC2. The minimum atomic E-state index is 0.0296. The number of amides is 2. The first-order valence-corrected chi connectivity index (χ1v) is 9.35. The van der Waals surface area contributed by atoms with Gasteiger partial charge in [0.2, 0.25) is 0 Å². The van der Waals surface area contributed by atoms with Crippen molar-refractivity contribution in [2.45, 2.75) is 51.5 Å². The molecule has 1 saturated carbocycles. The summed E-state index contributed by atoms with van der Waals surface area (Å²) in [6, 6.07) is 2.25. The molecule has 2 saturated heterocycles. The highest BCUT2D eigenvalue weighted by Crippen LogP contribution is 2.50. The summed E-state index contributed by atoms with van der Waals surface area (Å²) in [4.78, 5) is 14.8. The van der Waals surface area contributed by atoms with E-state index in [4.69, 9.17) is 4.74 Å². The normalized spacial score (nSPS) is 27.0. The second-order valence-electron chi connectivity index (χ2n) is 7.76.